The second-order valence-corrected chi connectivity index (χ2v) is 4.61. The van der Waals surface area contributed by atoms with Gasteiger partial charge in [-0.1, -0.05) is 0 Å². The van der Waals surface area contributed by atoms with Crippen LogP contribution in [0.15, 0.2) is 18.2 Å². The lowest BCUT2D eigenvalue weighted by Gasteiger charge is -2.33. The molecule has 2 rings (SSSR count). The Kier molecular flexibility index (Phi) is 3.99. The third-order valence-electron chi connectivity index (χ3n) is 3.23. The number of carbonyl (C=O) groups excluding carboxylic acids is 1. The van der Waals surface area contributed by atoms with Crippen LogP contribution in [0.25, 0.3) is 0 Å². The van der Waals surface area contributed by atoms with E-state index in [0.717, 1.165) is 12.1 Å². The van der Waals surface area contributed by atoms with Crippen LogP contribution in [0.4, 0.5) is 8.78 Å². The second kappa shape index (κ2) is 5.54. The van der Waals surface area contributed by atoms with Crippen LogP contribution in [0, 0.1) is 11.6 Å². The molecule has 0 bridgehead atoms. The third-order valence-corrected chi connectivity index (χ3v) is 3.23. The monoisotopic (exact) mass is 285 g/mol. The number of aliphatic carboxylic acids is 1. The van der Waals surface area contributed by atoms with E-state index < -0.39 is 29.0 Å². The number of amides is 1. The fraction of sp³-hybridized carbons (Fsp3) is 0.385. The predicted octanol–water partition coefficient (Wildman–Crippen LogP) is 1.33. The number of hydrogen-bond acceptors (Lipinski definition) is 3. The summed E-state index contributed by atoms with van der Waals surface area (Å²) >= 11 is 0. The quantitative estimate of drug-likeness (QED) is 0.878. The van der Waals surface area contributed by atoms with E-state index in [1.54, 1.807) is 0 Å². The van der Waals surface area contributed by atoms with Crippen molar-refractivity contribution in [1.29, 1.82) is 0 Å². The fourth-order valence-corrected chi connectivity index (χ4v) is 2.09. The molecule has 108 valence electrons. The van der Waals surface area contributed by atoms with E-state index in [0.29, 0.717) is 6.07 Å². The van der Waals surface area contributed by atoms with Gasteiger partial charge in [0.05, 0.1) is 0 Å². The van der Waals surface area contributed by atoms with E-state index >= 15 is 0 Å². The second-order valence-electron chi connectivity index (χ2n) is 4.61. The van der Waals surface area contributed by atoms with Crippen LogP contribution in [0.3, 0.4) is 0 Å². The molecule has 1 amide bonds. The van der Waals surface area contributed by atoms with Crippen LogP contribution >= 0.6 is 0 Å². The zero-order valence-corrected chi connectivity index (χ0v) is 10.5. The molecule has 1 aromatic carbocycles. The van der Waals surface area contributed by atoms with Gasteiger partial charge in [0.25, 0.3) is 5.91 Å². The van der Waals surface area contributed by atoms with Crippen molar-refractivity contribution in [2.24, 2.45) is 0 Å². The maximum Gasteiger partial charge on any atom is 0.329 e. The molecule has 5 nitrogen and oxygen atoms in total. The summed E-state index contributed by atoms with van der Waals surface area (Å²) in [6.45, 7) is 0.397. The molecule has 0 atom stereocenters. The molecule has 0 unspecified atom stereocenters. The standard InChI is InChI=1S/C13H13F2NO4/c14-9-5-8(6-10(15)7-9)11(17)16-13(12(18)19)1-3-20-4-2-13/h5-7H,1-4H2,(H,16,17)(H,18,19). The van der Waals surface area contributed by atoms with Gasteiger partial charge in [0.15, 0.2) is 0 Å². The van der Waals surface area contributed by atoms with Crippen molar-refractivity contribution in [2.75, 3.05) is 13.2 Å². The van der Waals surface area contributed by atoms with Crippen LogP contribution in [-0.2, 0) is 9.53 Å². The van der Waals surface area contributed by atoms with Crippen LogP contribution in [0.1, 0.15) is 23.2 Å². The summed E-state index contributed by atoms with van der Waals surface area (Å²) in [7, 11) is 0. The topological polar surface area (TPSA) is 75.6 Å². The highest BCUT2D eigenvalue weighted by atomic mass is 19.1. The van der Waals surface area contributed by atoms with Gasteiger partial charge in [-0.25, -0.2) is 13.6 Å². The zero-order chi connectivity index (χ0) is 14.8. The summed E-state index contributed by atoms with van der Waals surface area (Å²) in [5, 5.41) is 11.6. The number of ether oxygens (including phenoxy) is 1. The maximum absolute atomic E-state index is 13.1. The first-order valence-corrected chi connectivity index (χ1v) is 6.03. The van der Waals surface area contributed by atoms with E-state index in [2.05, 4.69) is 5.32 Å². The number of halogens is 2. The molecule has 0 radical (unpaired) electrons. The Labute approximate surface area is 113 Å². The first-order valence-electron chi connectivity index (χ1n) is 6.03. The minimum Gasteiger partial charge on any atom is -0.480 e. The molecule has 1 aliphatic heterocycles. The summed E-state index contributed by atoms with van der Waals surface area (Å²) < 4.78 is 31.2. The van der Waals surface area contributed by atoms with Crippen molar-refractivity contribution in [2.45, 2.75) is 18.4 Å². The summed E-state index contributed by atoms with van der Waals surface area (Å²) in [6.07, 6.45) is 0.206. The van der Waals surface area contributed by atoms with Gasteiger partial charge in [-0.2, -0.15) is 0 Å². The van der Waals surface area contributed by atoms with E-state index in [4.69, 9.17) is 4.74 Å². The molecule has 1 aromatic rings. The number of benzene rings is 1. The van der Waals surface area contributed by atoms with Gasteiger partial charge in [-0.05, 0) is 12.1 Å². The first kappa shape index (κ1) is 14.4. The highest BCUT2D eigenvalue weighted by Gasteiger charge is 2.41. The number of nitrogens with one attached hydrogen (secondary N) is 1. The minimum atomic E-state index is -1.46. The molecular formula is C13H13F2NO4. The summed E-state index contributed by atoms with van der Waals surface area (Å²) in [5.74, 6) is -3.81. The smallest absolute Gasteiger partial charge is 0.329 e. The largest absolute Gasteiger partial charge is 0.480 e. The number of rotatable bonds is 3. The van der Waals surface area contributed by atoms with Crippen molar-refractivity contribution in [1.82, 2.24) is 5.32 Å². The molecule has 1 aliphatic rings. The van der Waals surface area contributed by atoms with Gasteiger partial charge in [0.1, 0.15) is 17.2 Å². The van der Waals surface area contributed by atoms with Crippen molar-refractivity contribution >= 4 is 11.9 Å². The Bertz CT molecular complexity index is 521. The average molecular weight is 285 g/mol. The predicted molar refractivity (Wildman–Crippen MR) is 64.2 cm³/mol. The Hall–Kier alpha value is -2.02. The number of carboxylic acid groups (broad SMARTS) is 1. The Morgan fingerprint density at radius 1 is 1.15 bits per heavy atom. The first-order chi connectivity index (χ1) is 9.43. The van der Waals surface area contributed by atoms with Crippen molar-refractivity contribution in [3.8, 4) is 0 Å². The summed E-state index contributed by atoms with van der Waals surface area (Å²) in [4.78, 5) is 23.3. The number of carboxylic acids is 1. The van der Waals surface area contributed by atoms with Crippen molar-refractivity contribution in [3.05, 3.63) is 35.4 Å². The molecule has 0 aliphatic carbocycles. The SMILES string of the molecule is O=C(NC1(C(=O)O)CCOCC1)c1cc(F)cc(F)c1. The van der Waals surface area contributed by atoms with Gasteiger partial charge in [0.2, 0.25) is 0 Å². The van der Waals surface area contributed by atoms with Crippen molar-refractivity contribution in [3.63, 3.8) is 0 Å². The average Bonchev–Trinajstić information content (AvgIpc) is 2.38. The Morgan fingerprint density at radius 3 is 2.20 bits per heavy atom. The van der Waals surface area contributed by atoms with Crippen molar-refractivity contribution < 1.29 is 28.2 Å². The van der Waals surface area contributed by atoms with E-state index in [1.807, 2.05) is 0 Å². The molecule has 2 N–H and O–H groups in total. The third kappa shape index (κ3) is 2.93. The fourth-order valence-electron chi connectivity index (χ4n) is 2.09. The lowest BCUT2D eigenvalue weighted by molar-refractivity contribution is -0.148. The van der Waals surface area contributed by atoms with Crippen LogP contribution in [0.5, 0.6) is 0 Å². The van der Waals surface area contributed by atoms with Gasteiger partial charge >= 0.3 is 5.97 Å². The molecular weight excluding hydrogens is 272 g/mol. The lowest BCUT2D eigenvalue weighted by Crippen LogP contribution is -2.57. The Balaban J connectivity index is 2.22. The molecule has 0 aromatic heterocycles. The molecule has 20 heavy (non-hydrogen) atoms. The molecule has 7 heteroatoms. The van der Waals surface area contributed by atoms with Crippen LogP contribution < -0.4 is 5.32 Å². The summed E-state index contributed by atoms with van der Waals surface area (Å²) in [5.41, 5.74) is -1.72. The highest BCUT2D eigenvalue weighted by Crippen LogP contribution is 2.22. The van der Waals surface area contributed by atoms with E-state index in [1.165, 1.54) is 0 Å². The summed E-state index contributed by atoms with van der Waals surface area (Å²) in [6, 6.07) is 2.35. The van der Waals surface area contributed by atoms with E-state index in [9.17, 15) is 23.5 Å². The Morgan fingerprint density at radius 2 is 1.70 bits per heavy atom. The molecule has 0 saturated carbocycles. The maximum atomic E-state index is 13.1. The number of carbonyl (C=O) groups is 2. The molecule has 0 spiro atoms. The number of hydrogen-bond donors (Lipinski definition) is 2. The molecule has 1 heterocycles. The van der Waals surface area contributed by atoms with Gasteiger partial charge < -0.3 is 15.2 Å². The molecule has 1 saturated heterocycles. The van der Waals surface area contributed by atoms with Crippen LogP contribution in [0.2, 0.25) is 0 Å². The van der Waals surface area contributed by atoms with Crippen LogP contribution in [-0.4, -0.2) is 35.7 Å². The highest BCUT2D eigenvalue weighted by molar-refractivity contribution is 5.97. The van der Waals surface area contributed by atoms with Gasteiger partial charge in [-0.3, -0.25) is 4.79 Å². The normalized spacial score (nSPS) is 17.5. The van der Waals surface area contributed by atoms with Gasteiger partial charge in [-0.15, -0.1) is 0 Å². The zero-order valence-electron chi connectivity index (χ0n) is 10.5. The lowest BCUT2D eigenvalue weighted by atomic mass is 9.89. The minimum absolute atomic E-state index is 0.103. The van der Waals surface area contributed by atoms with Gasteiger partial charge in [0, 0.05) is 37.7 Å². The molecule has 1 fully saturated rings. The van der Waals surface area contributed by atoms with E-state index in [-0.39, 0.29) is 31.6 Å².